The average Bonchev–Trinajstić information content (AvgIpc) is 2.45. The van der Waals surface area contributed by atoms with Crippen molar-refractivity contribution >= 4 is 27.5 Å². The molecule has 0 bridgehead atoms. The van der Waals surface area contributed by atoms with E-state index in [9.17, 15) is 0 Å². The fourth-order valence-corrected chi connectivity index (χ4v) is 2.94. The molecule has 0 saturated carbocycles. The number of rotatable bonds is 5. The first kappa shape index (κ1) is 16.3. The SMILES string of the molecule is CCCOc1ccc(C(N)c2ccc(Cl)cc2C)cc1Br. The molecule has 0 aliphatic rings. The summed E-state index contributed by atoms with van der Waals surface area (Å²) in [7, 11) is 0. The Hall–Kier alpha value is -1.03. The van der Waals surface area contributed by atoms with Crippen LogP contribution in [0, 0.1) is 6.92 Å². The van der Waals surface area contributed by atoms with E-state index in [-0.39, 0.29) is 6.04 Å². The summed E-state index contributed by atoms with van der Waals surface area (Å²) in [5.74, 6) is 0.848. The lowest BCUT2D eigenvalue weighted by Gasteiger charge is -2.17. The van der Waals surface area contributed by atoms with E-state index in [1.807, 2.05) is 43.3 Å². The maximum absolute atomic E-state index is 6.38. The van der Waals surface area contributed by atoms with Crippen LogP contribution in [0.1, 0.15) is 36.1 Å². The van der Waals surface area contributed by atoms with Crippen molar-refractivity contribution < 1.29 is 4.74 Å². The molecule has 21 heavy (non-hydrogen) atoms. The first-order valence-corrected chi connectivity index (χ1v) is 8.14. The Kier molecular flexibility index (Phi) is 5.68. The third-order valence-corrected chi connectivity index (χ3v) is 4.20. The van der Waals surface area contributed by atoms with Crippen LogP contribution in [-0.2, 0) is 0 Å². The molecule has 2 aromatic carbocycles. The molecule has 0 aliphatic carbocycles. The van der Waals surface area contributed by atoms with E-state index in [0.717, 1.165) is 38.4 Å². The maximum Gasteiger partial charge on any atom is 0.133 e. The van der Waals surface area contributed by atoms with Crippen LogP contribution in [0.2, 0.25) is 5.02 Å². The summed E-state index contributed by atoms with van der Waals surface area (Å²) >= 11 is 9.54. The number of hydrogen-bond acceptors (Lipinski definition) is 2. The third-order valence-electron chi connectivity index (χ3n) is 3.34. The highest BCUT2D eigenvalue weighted by Crippen LogP contribution is 2.31. The van der Waals surface area contributed by atoms with Crippen LogP contribution in [0.3, 0.4) is 0 Å². The maximum atomic E-state index is 6.38. The van der Waals surface area contributed by atoms with Crippen molar-refractivity contribution in [2.45, 2.75) is 26.3 Å². The third kappa shape index (κ3) is 4.00. The quantitative estimate of drug-likeness (QED) is 0.782. The van der Waals surface area contributed by atoms with Crippen LogP contribution >= 0.6 is 27.5 Å². The van der Waals surface area contributed by atoms with E-state index in [0.29, 0.717) is 6.61 Å². The smallest absolute Gasteiger partial charge is 0.133 e. The number of hydrogen-bond donors (Lipinski definition) is 1. The van der Waals surface area contributed by atoms with Crippen molar-refractivity contribution in [3.63, 3.8) is 0 Å². The summed E-state index contributed by atoms with van der Waals surface area (Å²) in [6, 6.07) is 11.6. The number of halogens is 2. The highest BCUT2D eigenvalue weighted by molar-refractivity contribution is 9.10. The van der Waals surface area contributed by atoms with Gasteiger partial charge in [0.1, 0.15) is 5.75 Å². The Morgan fingerprint density at radius 1 is 1.24 bits per heavy atom. The zero-order valence-electron chi connectivity index (χ0n) is 12.2. The zero-order chi connectivity index (χ0) is 15.4. The second-order valence-electron chi connectivity index (χ2n) is 5.02. The van der Waals surface area contributed by atoms with Crippen molar-refractivity contribution in [3.8, 4) is 5.75 Å². The molecule has 0 amide bonds. The summed E-state index contributed by atoms with van der Waals surface area (Å²) in [5, 5.41) is 0.730. The van der Waals surface area contributed by atoms with Gasteiger partial charge in [0.15, 0.2) is 0 Å². The van der Waals surface area contributed by atoms with E-state index in [1.165, 1.54) is 0 Å². The van der Waals surface area contributed by atoms with Crippen LogP contribution in [0.4, 0.5) is 0 Å². The number of aryl methyl sites for hydroxylation is 1. The Labute approximate surface area is 139 Å². The molecule has 1 atom stereocenters. The van der Waals surface area contributed by atoms with Gasteiger partial charge < -0.3 is 10.5 Å². The Bertz CT molecular complexity index is 630. The molecule has 4 heteroatoms. The van der Waals surface area contributed by atoms with Gasteiger partial charge in [0, 0.05) is 5.02 Å². The number of ether oxygens (including phenoxy) is 1. The van der Waals surface area contributed by atoms with Gasteiger partial charge in [-0.3, -0.25) is 0 Å². The highest BCUT2D eigenvalue weighted by atomic mass is 79.9. The second kappa shape index (κ2) is 7.30. The van der Waals surface area contributed by atoms with Gasteiger partial charge in [0.05, 0.1) is 17.1 Å². The predicted molar refractivity (Wildman–Crippen MR) is 92.1 cm³/mol. The van der Waals surface area contributed by atoms with Crippen molar-refractivity contribution in [1.82, 2.24) is 0 Å². The fraction of sp³-hybridized carbons (Fsp3) is 0.294. The van der Waals surface area contributed by atoms with Crippen molar-refractivity contribution in [2.24, 2.45) is 5.73 Å². The molecule has 2 nitrogen and oxygen atoms in total. The monoisotopic (exact) mass is 367 g/mol. The molecular formula is C17H19BrClNO. The van der Waals surface area contributed by atoms with Gasteiger partial charge in [-0.1, -0.05) is 30.7 Å². The first-order chi connectivity index (χ1) is 10.0. The van der Waals surface area contributed by atoms with Gasteiger partial charge in [-0.05, 0) is 70.2 Å². The molecule has 0 heterocycles. The summed E-state index contributed by atoms with van der Waals surface area (Å²) in [4.78, 5) is 0. The van der Waals surface area contributed by atoms with Crippen LogP contribution in [-0.4, -0.2) is 6.61 Å². The molecule has 2 N–H and O–H groups in total. The normalized spacial score (nSPS) is 12.2. The van der Waals surface area contributed by atoms with Crippen LogP contribution in [0.5, 0.6) is 5.75 Å². The lowest BCUT2D eigenvalue weighted by Crippen LogP contribution is -2.13. The van der Waals surface area contributed by atoms with E-state index >= 15 is 0 Å². The van der Waals surface area contributed by atoms with E-state index < -0.39 is 0 Å². The topological polar surface area (TPSA) is 35.2 Å². The number of benzene rings is 2. The van der Waals surface area contributed by atoms with Crippen LogP contribution in [0.25, 0.3) is 0 Å². The summed E-state index contributed by atoms with van der Waals surface area (Å²) in [6.45, 7) is 4.82. The van der Waals surface area contributed by atoms with Gasteiger partial charge in [0.2, 0.25) is 0 Å². The van der Waals surface area contributed by atoms with Crippen molar-refractivity contribution in [1.29, 1.82) is 0 Å². The predicted octanol–water partition coefficient (Wildman–Crippen LogP) is 5.25. The minimum Gasteiger partial charge on any atom is -0.492 e. The molecule has 0 fully saturated rings. The van der Waals surface area contributed by atoms with Gasteiger partial charge in [-0.25, -0.2) is 0 Å². The van der Waals surface area contributed by atoms with E-state index in [1.54, 1.807) is 0 Å². The fourth-order valence-electron chi connectivity index (χ4n) is 2.21. The van der Waals surface area contributed by atoms with Crippen LogP contribution in [0.15, 0.2) is 40.9 Å². The summed E-state index contributed by atoms with van der Waals surface area (Å²) in [5.41, 5.74) is 9.59. The largest absolute Gasteiger partial charge is 0.492 e. The Balaban J connectivity index is 2.27. The molecule has 0 saturated heterocycles. The van der Waals surface area contributed by atoms with Crippen LogP contribution < -0.4 is 10.5 Å². The summed E-state index contributed by atoms with van der Waals surface area (Å²) in [6.07, 6.45) is 0.984. The Morgan fingerprint density at radius 2 is 2.00 bits per heavy atom. The highest BCUT2D eigenvalue weighted by Gasteiger charge is 2.13. The Morgan fingerprint density at radius 3 is 2.62 bits per heavy atom. The van der Waals surface area contributed by atoms with E-state index in [4.69, 9.17) is 22.1 Å². The zero-order valence-corrected chi connectivity index (χ0v) is 14.5. The van der Waals surface area contributed by atoms with Gasteiger partial charge in [0.25, 0.3) is 0 Å². The van der Waals surface area contributed by atoms with Gasteiger partial charge >= 0.3 is 0 Å². The molecule has 112 valence electrons. The molecule has 2 aromatic rings. The molecule has 0 aliphatic heterocycles. The lowest BCUT2D eigenvalue weighted by atomic mass is 9.96. The molecule has 1 unspecified atom stereocenters. The van der Waals surface area contributed by atoms with Crippen molar-refractivity contribution in [2.75, 3.05) is 6.61 Å². The molecule has 0 radical (unpaired) electrons. The molecule has 2 rings (SSSR count). The molecule has 0 aromatic heterocycles. The minimum absolute atomic E-state index is 0.182. The lowest BCUT2D eigenvalue weighted by molar-refractivity contribution is 0.315. The minimum atomic E-state index is -0.182. The van der Waals surface area contributed by atoms with E-state index in [2.05, 4.69) is 22.9 Å². The van der Waals surface area contributed by atoms with Gasteiger partial charge in [-0.15, -0.1) is 0 Å². The van der Waals surface area contributed by atoms with Crippen molar-refractivity contribution in [3.05, 3.63) is 62.6 Å². The van der Waals surface area contributed by atoms with Gasteiger partial charge in [-0.2, -0.15) is 0 Å². The number of nitrogens with two attached hydrogens (primary N) is 1. The summed E-state index contributed by atoms with van der Waals surface area (Å²) < 4.78 is 6.59. The standard InChI is InChI=1S/C17H19BrClNO/c1-3-8-21-16-7-4-12(10-15(16)18)17(20)14-6-5-13(19)9-11(14)2/h4-7,9-10,17H,3,8,20H2,1-2H3. The molecule has 0 spiro atoms. The average molecular weight is 369 g/mol. The second-order valence-corrected chi connectivity index (χ2v) is 6.31. The first-order valence-electron chi connectivity index (χ1n) is 6.96. The molecular weight excluding hydrogens is 350 g/mol.